The van der Waals surface area contributed by atoms with Gasteiger partial charge in [-0.25, -0.2) is 9.97 Å². The van der Waals surface area contributed by atoms with Crippen molar-refractivity contribution in [2.45, 2.75) is 6.92 Å². The van der Waals surface area contributed by atoms with Gasteiger partial charge in [0.2, 0.25) is 0 Å². The summed E-state index contributed by atoms with van der Waals surface area (Å²) in [4.78, 5) is 14.9. The second-order valence-corrected chi connectivity index (χ2v) is 11.8. The van der Waals surface area contributed by atoms with E-state index in [-0.39, 0.29) is 0 Å². The molecule has 8 rings (SSSR count). The molecule has 0 N–H and O–H groups in total. The molecule has 2 aromatic heterocycles. The van der Waals surface area contributed by atoms with E-state index in [2.05, 4.69) is 158 Å². The van der Waals surface area contributed by atoms with Crippen LogP contribution in [0, 0.1) is 6.92 Å². The first kappa shape index (κ1) is 28.3. The van der Waals surface area contributed by atoms with E-state index in [1.165, 1.54) is 10.8 Å². The van der Waals surface area contributed by atoms with Crippen molar-refractivity contribution in [2.24, 2.45) is 0 Å². The summed E-state index contributed by atoms with van der Waals surface area (Å²) in [6.45, 7) is 2.06. The van der Waals surface area contributed by atoms with Crippen LogP contribution < -0.4 is 0 Å². The first-order valence-corrected chi connectivity index (χ1v) is 15.8. The number of hydrogen-bond donors (Lipinski definition) is 0. The zero-order valence-corrected chi connectivity index (χ0v) is 26.0. The van der Waals surface area contributed by atoms with Gasteiger partial charge < -0.3 is 0 Å². The summed E-state index contributed by atoms with van der Waals surface area (Å²) in [5.41, 5.74) is 12.6. The van der Waals surface area contributed by atoms with Crippen LogP contribution in [0.2, 0.25) is 0 Å². The third-order valence-corrected chi connectivity index (χ3v) is 8.65. The molecule has 0 amide bonds. The topological polar surface area (TPSA) is 38.7 Å². The van der Waals surface area contributed by atoms with Crippen LogP contribution in [-0.4, -0.2) is 15.0 Å². The lowest BCUT2D eigenvalue weighted by Crippen LogP contribution is -1.97. The van der Waals surface area contributed by atoms with Gasteiger partial charge in [-0.2, -0.15) is 0 Å². The monoisotopic (exact) mass is 601 g/mol. The summed E-state index contributed by atoms with van der Waals surface area (Å²) in [7, 11) is 0. The van der Waals surface area contributed by atoms with Crippen molar-refractivity contribution in [3.05, 3.63) is 176 Å². The molecule has 3 nitrogen and oxygen atoms in total. The number of hydrogen-bond acceptors (Lipinski definition) is 3. The van der Waals surface area contributed by atoms with Crippen molar-refractivity contribution in [1.29, 1.82) is 0 Å². The van der Waals surface area contributed by atoms with Gasteiger partial charge in [0.15, 0.2) is 5.82 Å². The lowest BCUT2D eigenvalue weighted by molar-refractivity contribution is 1.18. The van der Waals surface area contributed by atoms with Gasteiger partial charge in [0, 0.05) is 34.1 Å². The normalized spacial score (nSPS) is 11.1. The molecule has 0 fully saturated rings. The highest BCUT2D eigenvalue weighted by molar-refractivity contribution is 5.89. The summed E-state index contributed by atoms with van der Waals surface area (Å²) in [6.07, 6.45) is 1.84. The summed E-state index contributed by atoms with van der Waals surface area (Å²) in [6, 6.07) is 57.5. The van der Waals surface area contributed by atoms with Gasteiger partial charge in [-0.05, 0) is 88.0 Å². The van der Waals surface area contributed by atoms with E-state index in [0.29, 0.717) is 5.82 Å². The van der Waals surface area contributed by atoms with Crippen molar-refractivity contribution < 1.29 is 0 Å². The van der Waals surface area contributed by atoms with Crippen LogP contribution in [0.1, 0.15) is 5.69 Å². The minimum Gasteiger partial charge on any atom is -0.261 e. The summed E-state index contributed by atoms with van der Waals surface area (Å²) >= 11 is 0. The number of pyridine rings is 1. The number of rotatable bonds is 6. The number of aromatic nitrogens is 3. The predicted octanol–water partition coefficient (Wildman–Crippen LogP) is 11.3. The zero-order valence-electron chi connectivity index (χ0n) is 26.0. The molecule has 6 aromatic carbocycles. The maximum absolute atomic E-state index is 5.18. The zero-order chi connectivity index (χ0) is 31.6. The van der Waals surface area contributed by atoms with E-state index >= 15 is 0 Å². The van der Waals surface area contributed by atoms with E-state index in [9.17, 15) is 0 Å². The van der Waals surface area contributed by atoms with Gasteiger partial charge in [0.1, 0.15) is 0 Å². The molecule has 0 bridgehead atoms. The van der Waals surface area contributed by atoms with Gasteiger partial charge in [0.25, 0.3) is 0 Å². The Morgan fingerprint density at radius 1 is 0.362 bits per heavy atom. The van der Waals surface area contributed by atoms with Crippen molar-refractivity contribution in [3.8, 4) is 67.3 Å². The fraction of sp³-hybridized carbons (Fsp3) is 0.0227. The van der Waals surface area contributed by atoms with Crippen molar-refractivity contribution >= 4 is 10.8 Å². The van der Waals surface area contributed by atoms with Crippen LogP contribution in [0.25, 0.3) is 78.1 Å². The molecule has 0 aliphatic heterocycles. The summed E-state index contributed by atoms with van der Waals surface area (Å²) < 4.78 is 0. The van der Waals surface area contributed by atoms with E-state index in [1.54, 1.807) is 0 Å². The molecule has 0 aliphatic carbocycles. The number of benzene rings is 6. The molecule has 2 heterocycles. The van der Waals surface area contributed by atoms with E-state index < -0.39 is 0 Å². The second-order valence-electron chi connectivity index (χ2n) is 11.8. The Morgan fingerprint density at radius 2 is 0.915 bits per heavy atom. The highest BCUT2D eigenvalue weighted by atomic mass is 14.9. The fourth-order valence-corrected chi connectivity index (χ4v) is 6.20. The molecule has 0 spiro atoms. The Kier molecular flexibility index (Phi) is 7.41. The van der Waals surface area contributed by atoms with E-state index in [0.717, 1.165) is 67.2 Å². The smallest absolute Gasteiger partial charge is 0.160 e. The molecule has 0 saturated carbocycles. The van der Waals surface area contributed by atoms with E-state index in [1.807, 2.05) is 24.4 Å². The van der Waals surface area contributed by atoms with Crippen LogP contribution >= 0.6 is 0 Å². The van der Waals surface area contributed by atoms with Crippen LogP contribution in [0.3, 0.4) is 0 Å². The highest BCUT2D eigenvalue weighted by Gasteiger charge is 2.15. The Labute approximate surface area is 274 Å². The van der Waals surface area contributed by atoms with Gasteiger partial charge in [0.05, 0.1) is 11.4 Å². The summed E-state index contributed by atoms with van der Waals surface area (Å²) in [5, 5.41) is 2.43. The van der Waals surface area contributed by atoms with Gasteiger partial charge in [-0.1, -0.05) is 121 Å². The quantitative estimate of drug-likeness (QED) is 0.190. The molecule has 0 saturated heterocycles. The van der Waals surface area contributed by atoms with Gasteiger partial charge >= 0.3 is 0 Å². The summed E-state index contributed by atoms with van der Waals surface area (Å²) in [5.74, 6) is 0.688. The van der Waals surface area contributed by atoms with E-state index in [4.69, 9.17) is 9.97 Å². The average Bonchev–Trinajstić information content (AvgIpc) is 3.15. The standard InChI is InChI=1S/C44H31N3/c1-30-41(20-11-23-45-30)37-19-10-18-35(25-37)38-26-39(36-22-21-31-12-8-9-17-34(31)24-36)28-40(27-38)44-46-42(32-13-4-2-5-14-32)29-43(47-44)33-15-6-3-7-16-33/h2-29H,1H3. The molecule has 0 unspecified atom stereocenters. The maximum atomic E-state index is 5.18. The number of aryl methyl sites for hydroxylation is 1. The van der Waals surface area contributed by atoms with Crippen LogP contribution in [0.15, 0.2) is 170 Å². The van der Waals surface area contributed by atoms with Gasteiger partial charge in [-0.15, -0.1) is 0 Å². The molecule has 0 radical (unpaired) electrons. The van der Waals surface area contributed by atoms with Gasteiger partial charge in [-0.3, -0.25) is 4.98 Å². The molecular formula is C44H31N3. The SMILES string of the molecule is Cc1ncccc1-c1cccc(-c2cc(-c3ccc4ccccc4c3)cc(-c3nc(-c4ccccc4)cc(-c4ccccc4)n3)c2)c1. The minimum absolute atomic E-state index is 0.688. The lowest BCUT2D eigenvalue weighted by atomic mass is 9.93. The Morgan fingerprint density at radius 3 is 1.60 bits per heavy atom. The first-order chi connectivity index (χ1) is 23.2. The van der Waals surface area contributed by atoms with Crippen molar-refractivity contribution in [2.75, 3.05) is 0 Å². The van der Waals surface area contributed by atoms with Crippen LogP contribution in [0.4, 0.5) is 0 Å². The molecule has 8 aromatic rings. The molecule has 3 heteroatoms. The Hall–Kier alpha value is -6.19. The average molecular weight is 602 g/mol. The molecule has 222 valence electrons. The predicted molar refractivity (Wildman–Crippen MR) is 195 cm³/mol. The third kappa shape index (κ3) is 5.83. The molecular weight excluding hydrogens is 571 g/mol. The van der Waals surface area contributed by atoms with Crippen LogP contribution in [0.5, 0.6) is 0 Å². The Balaban J connectivity index is 1.35. The highest BCUT2D eigenvalue weighted by Crippen LogP contribution is 2.36. The van der Waals surface area contributed by atoms with Crippen molar-refractivity contribution in [3.63, 3.8) is 0 Å². The second kappa shape index (κ2) is 12.3. The van der Waals surface area contributed by atoms with Crippen LogP contribution in [-0.2, 0) is 0 Å². The number of nitrogens with zero attached hydrogens (tertiary/aromatic N) is 3. The minimum atomic E-state index is 0.688. The lowest BCUT2D eigenvalue weighted by Gasteiger charge is -2.14. The molecule has 0 aliphatic rings. The fourth-order valence-electron chi connectivity index (χ4n) is 6.20. The third-order valence-electron chi connectivity index (χ3n) is 8.65. The maximum Gasteiger partial charge on any atom is 0.160 e. The van der Waals surface area contributed by atoms with Crippen molar-refractivity contribution in [1.82, 2.24) is 15.0 Å². The largest absolute Gasteiger partial charge is 0.261 e. The molecule has 0 atom stereocenters. The first-order valence-electron chi connectivity index (χ1n) is 15.8. The Bertz CT molecular complexity index is 2300. The molecule has 47 heavy (non-hydrogen) atoms. The number of fused-ring (bicyclic) bond motifs is 1.